The molecule has 2 fully saturated rings. The van der Waals surface area contributed by atoms with Crippen molar-refractivity contribution in [2.75, 3.05) is 56.0 Å². The molecular formula is C28H36N4O4. The topological polar surface area (TPSA) is 66.5 Å². The minimum absolute atomic E-state index is 0.217. The summed E-state index contributed by atoms with van der Waals surface area (Å²) in [5.41, 5.74) is 3.40. The van der Waals surface area contributed by atoms with Crippen LogP contribution in [0.5, 0.6) is 11.5 Å². The van der Waals surface area contributed by atoms with Gasteiger partial charge in [0, 0.05) is 32.2 Å². The molecule has 8 nitrogen and oxygen atoms in total. The van der Waals surface area contributed by atoms with Crippen LogP contribution in [0.3, 0.4) is 0 Å². The van der Waals surface area contributed by atoms with E-state index in [0.717, 1.165) is 87.3 Å². The van der Waals surface area contributed by atoms with E-state index in [1.54, 1.807) is 5.06 Å². The third-order valence-electron chi connectivity index (χ3n) is 8.15. The van der Waals surface area contributed by atoms with Crippen LogP contribution in [0, 0.1) is 5.92 Å². The maximum absolute atomic E-state index is 12.5. The number of ether oxygens (including phenoxy) is 2. The minimum atomic E-state index is -0.325. The van der Waals surface area contributed by atoms with Crippen LogP contribution in [0.4, 0.5) is 16.2 Å². The Balaban J connectivity index is 0.892. The highest BCUT2D eigenvalue weighted by atomic mass is 16.7. The molecule has 6 rings (SSSR count). The first-order valence-electron chi connectivity index (χ1n) is 13.4. The van der Waals surface area contributed by atoms with Gasteiger partial charge in [-0.2, -0.15) is 0 Å². The Morgan fingerprint density at radius 2 is 1.72 bits per heavy atom. The van der Waals surface area contributed by atoms with Crippen LogP contribution in [-0.2, 0) is 11.3 Å². The first kappa shape index (κ1) is 23.3. The van der Waals surface area contributed by atoms with Gasteiger partial charge in [-0.15, -0.1) is 0 Å². The molecule has 2 aromatic rings. The lowest BCUT2D eigenvalue weighted by Crippen LogP contribution is -2.47. The molecule has 0 atom stereocenters. The summed E-state index contributed by atoms with van der Waals surface area (Å²) in [6.45, 7) is 6.38. The smallest absolute Gasteiger partial charge is 0.431 e. The fourth-order valence-corrected chi connectivity index (χ4v) is 6.03. The lowest BCUT2D eigenvalue weighted by Gasteiger charge is -2.37. The highest BCUT2D eigenvalue weighted by Gasteiger charge is 2.28. The number of carbonyl (C=O) groups excluding carboxylic acids is 1. The summed E-state index contributed by atoms with van der Waals surface area (Å²) >= 11 is 0. The van der Waals surface area contributed by atoms with Gasteiger partial charge in [0.05, 0.1) is 17.9 Å². The zero-order chi connectivity index (χ0) is 24.3. The van der Waals surface area contributed by atoms with Gasteiger partial charge in [-0.25, -0.2) is 9.86 Å². The monoisotopic (exact) mass is 492 g/mol. The number of benzene rings is 2. The zero-order valence-corrected chi connectivity index (χ0v) is 20.9. The maximum atomic E-state index is 12.5. The number of para-hydroxylation sites is 2. The standard InChI is InChI=1S/C28H36N4O4/c33-28(36-32-15-13-22-4-1-2-5-24(22)32)29-23-10-8-21(9-11-23)12-14-30-16-18-31(19-17-30)25-6-3-7-26-27(25)35-20-34-26/h1-7,21,23H,8-20H2,(H,29,33)/t21-,23-. The molecule has 192 valence electrons. The third-order valence-corrected chi connectivity index (χ3v) is 8.15. The molecule has 0 aromatic heterocycles. The second kappa shape index (κ2) is 10.5. The summed E-state index contributed by atoms with van der Waals surface area (Å²) in [6.07, 6.45) is 6.24. The Kier molecular flexibility index (Phi) is 6.77. The summed E-state index contributed by atoms with van der Waals surface area (Å²) in [7, 11) is 0. The minimum Gasteiger partial charge on any atom is -0.454 e. The average Bonchev–Trinajstić information content (AvgIpc) is 3.56. The lowest BCUT2D eigenvalue weighted by atomic mass is 9.84. The Bertz CT molecular complexity index is 1060. The highest BCUT2D eigenvalue weighted by Crippen LogP contribution is 2.41. The third kappa shape index (κ3) is 5.05. The predicted octanol–water partition coefficient (Wildman–Crippen LogP) is 4.19. The van der Waals surface area contributed by atoms with Crippen LogP contribution in [0.15, 0.2) is 42.5 Å². The molecule has 0 unspecified atom stereocenters. The molecule has 0 bridgehead atoms. The summed E-state index contributed by atoms with van der Waals surface area (Å²) in [4.78, 5) is 23.1. The van der Waals surface area contributed by atoms with Gasteiger partial charge < -0.3 is 24.5 Å². The van der Waals surface area contributed by atoms with E-state index in [2.05, 4.69) is 27.2 Å². The number of piperazine rings is 1. The van der Waals surface area contributed by atoms with Gasteiger partial charge in [0.25, 0.3) is 0 Å². The largest absolute Gasteiger partial charge is 0.454 e. The van der Waals surface area contributed by atoms with Crippen LogP contribution in [0.2, 0.25) is 0 Å². The molecule has 0 spiro atoms. The van der Waals surface area contributed by atoms with Gasteiger partial charge in [0.2, 0.25) is 6.79 Å². The molecule has 1 saturated carbocycles. The van der Waals surface area contributed by atoms with E-state index in [0.29, 0.717) is 6.79 Å². The molecule has 1 saturated heterocycles. The number of anilines is 2. The maximum Gasteiger partial charge on any atom is 0.431 e. The van der Waals surface area contributed by atoms with Crippen LogP contribution in [-0.4, -0.2) is 63.1 Å². The molecule has 36 heavy (non-hydrogen) atoms. The number of nitrogens with one attached hydrogen (secondary N) is 1. The number of hydrogen-bond acceptors (Lipinski definition) is 7. The van der Waals surface area contributed by atoms with Crippen LogP contribution >= 0.6 is 0 Å². The molecule has 1 amide bonds. The Labute approximate surface area is 213 Å². The SMILES string of the molecule is O=C(N[C@H]1CC[C@H](CCN2CCN(c3cccc4c3OCO4)CC2)CC1)ON1CCc2ccccc21. The number of hydroxylamine groups is 1. The van der Waals surface area contributed by atoms with Crippen molar-refractivity contribution in [1.82, 2.24) is 10.2 Å². The predicted molar refractivity (Wildman–Crippen MR) is 139 cm³/mol. The van der Waals surface area contributed by atoms with E-state index < -0.39 is 0 Å². The van der Waals surface area contributed by atoms with E-state index in [4.69, 9.17) is 14.3 Å². The van der Waals surface area contributed by atoms with E-state index in [1.165, 1.54) is 24.8 Å². The molecule has 1 N–H and O–H groups in total. The zero-order valence-electron chi connectivity index (χ0n) is 20.9. The van der Waals surface area contributed by atoms with E-state index in [-0.39, 0.29) is 12.1 Å². The molecule has 1 aliphatic carbocycles. The second-order valence-electron chi connectivity index (χ2n) is 10.3. The van der Waals surface area contributed by atoms with Crippen molar-refractivity contribution in [3.8, 4) is 11.5 Å². The fraction of sp³-hybridized carbons (Fsp3) is 0.536. The lowest BCUT2D eigenvalue weighted by molar-refractivity contribution is 0.126. The number of carbonyl (C=O) groups is 1. The van der Waals surface area contributed by atoms with Crippen LogP contribution < -0.4 is 24.8 Å². The molecule has 8 heteroatoms. The van der Waals surface area contributed by atoms with E-state index in [1.807, 2.05) is 30.3 Å². The van der Waals surface area contributed by atoms with Gasteiger partial charge in [-0.1, -0.05) is 24.3 Å². The molecule has 4 aliphatic rings. The molecular weight excluding hydrogens is 456 g/mol. The van der Waals surface area contributed by atoms with Crippen molar-refractivity contribution < 1.29 is 19.1 Å². The van der Waals surface area contributed by atoms with Crippen molar-refractivity contribution in [2.24, 2.45) is 5.92 Å². The number of rotatable bonds is 6. The van der Waals surface area contributed by atoms with Crippen LogP contribution in [0.1, 0.15) is 37.7 Å². The van der Waals surface area contributed by atoms with Crippen molar-refractivity contribution in [3.05, 3.63) is 48.0 Å². The molecule has 0 radical (unpaired) electrons. The molecule has 2 aromatic carbocycles. The van der Waals surface area contributed by atoms with E-state index >= 15 is 0 Å². The van der Waals surface area contributed by atoms with Crippen molar-refractivity contribution in [1.29, 1.82) is 0 Å². The van der Waals surface area contributed by atoms with E-state index in [9.17, 15) is 4.79 Å². The summed E-state index contributed by atoms with van der Waals surface area (Å²) in [6, 6.07) is 14.5. The second-order valence-corrected chi connectivity index (χ2v) is 10.3. The number of nitrogens with zero attached hydrogens (tertiary/aromatic N) is 3. The summed E-state index contributed by atoms with van der Waals surface area (Å²) in [5, 5.41) is 4.83. The Morgan fingerprint density at radius 1 is 0.917 bits per heavy atom. The first-order valence-corrected chi connectivity index (χ1v) is 13.4. The Morgan fingerprint density at radius 3 is 2.58 bits per heavy atom. The molecule has 3 heterocycles. The summed E-state index contributed by atoms with van der Waals surface area (Å²) in [5.74, 6) is 2.49. The number of fused-ring (bicyclic) bond motifs is 2. The van der Waals surface area contributed by atoms with Gasteiger partial charge in [0.15, 0.2) is 11.5 Å². The Hall–Kier alpha value is -3.13. The first-order chi connectivity index (χ1) is 17.7. The number of amides is 1. The number of hydrogen-bond donors (Lipinski definition) is 1. The van der Waals surface area contributed by atoms with Crippen LogP contribution in [0.25, 0.3) is 0 Å². The van der Waals surface area contributed by atoms with Crippen molar-refractivity contribution in [3.63, 3.8) is 0 Å². The van der Waals surface area contributed by atoms with Crippen molar-refractivity contribution in [2.45, 2.75) is 44.6 Å². The van der Waals surface area contributed by atoms with Crippen molar-refractivity contribution >= 4 is 17.5 Å². The fourth-order valence-electron chi connectivity index (χ4n) is 6.03. The van der Waals surface area contributed by atoms with Gasteiger partial charge >= 0.3 is 6.09 Å². The van der Waals surface area contributed by atoms with Gasteiger partial charge in [0.1, 0.15) is 0 Å². The average molecular weight is 493 g/mol. The van der Waals surface area contributed by atoms with Gasteiger partial charge in [-0.3, -0.25) is 4.90 Å². The highest BCUT2D eigenvalue weighted by molar-refractivity contribution is 5.70. The normalized spacial score (nSPS) is 23.4. The quantitative estimate of drug-likeness (QED) is 0.649. The molecule has 3 aliphatic heterocycles. The summed E-state index contributed by atoms with van der Waals surface area (Å²) < 4.78 is 11.2. The van der Waals surface area contributed by atoms with Gasteiger partial charge in [-0.05, 0) is 74.8 Å².